The van der Waals surface area contributed by atoms with Crippen molar-refractivity contribution in [1.82, 2.24) is 9.61 Å². The Kier molecular flexibility index (Phi) is 3.80. The van der Waals surface area contributed by atoms with Gasteiger partial charge in [-0.25, -0.2) is 9.31 Å². The summed E-state index contributed by atoms with van der Waals surface area (Å²) in [6.45, 7) is 5.46. The summed E-state index contributed by atoms with van der Waals surface area (Å²) in [5, 5.41) is 4.65. The van der Waals surface area contributed by atoms with Crippen molar-refractivity contribution in [2.24, 2.45) is 0 Å². The SMILES string of the molecule is CC(C)(C)OC(=O)N(c1cc(Cl)cc2c(C=O)cnn12)C1CC1. The first-order chi connectivity index (χ1) is 10.8. The van der Waals surface area contributed by atoms with Crippen LogP contribution in [0, 0.1) is 0 Å². The topological polar surface area (TPSA) is 63.9 Å². The van der Waals surface area contributed by atoms with E-state index in [4.69, 9.17) is 16.3 Å². The minimum Gasteiger partial charge on any atom is -0.443 e. The Morgan fingerprint density at radius 1 is 1.43 bits per heavy atom. The number of ether oxygens (including phenoxy) is 1. The van der Waals surface area contributed by atoms with Gasteiger partial charge in [0.05, 0.1) is 17.3 Å². The van der Waals surface area contributed by atoms with Crippen molar-refractivity contribution in [2.45, 2.75) is 45.3 Å². The summed E-state index contributed by atoms with van der Waals surface area (Å²) in [5.41, 5.74) is 0.394. The average Bonchev–Trinajstić information content (AvgIpc) is 3.16. The van der Waals surface area contributed by atoms with Crippen molar-refractivity contribution in [3.8, 4) is 0 Å². The molecule has 0 atom stereocenters. The minimum absolute atomic E-state index is 0.0652. The van der Waals surface area contributed by atoms with Crippen molar-refractivity contribution >= 4 is 35.3 Å². The van der Waals surface area contributed by atoms with Crippen LogP contribution in [-0.2, 0) is 4.74 Å². The van der Waals surface area contributed by atoms with Crippen LogP contribution in [0.4, 0.5) is 10.6 Å². The van der Waals surface area contributed by atoms with E-state index in [1.165, 1.54) is 6.20 Å². The van der Waals surface area contributed by atoms with Gasteiger partial charge in [-0.15, -0.1) is 0 Å². The summed E-state index contributed by atoms with van der Waals surface area (Å²) in [5.74, 6) is 0.511. The van der Waals surface area contributed by atoms with Crippen LogP contribution in [-0.4, -0.2) is 33.6 Å². The molecule has 6 nitrogen and oxygen atoms in total. The highest BCUT2D eigenvalue weighted by Gasteiger charge is 2.38. The Morgan fingerprint density at radius 2 is 2.13 bits per heavy atom. The zero-order valence-electron chi connectivity index (χ0n) is 13.2. The molecular weight excluding hydrogens is 318 g/mol. The van der Waals surface area contributed by atoms with Gasteiger partial charge in [-0.05, 0) is 45.7 Å². The van der Waals surface area contributed by atoms with Crippen LogP contribution < -0.4 is 4.90 Å². The molecule has 0 saturated heterocycles. The average molecular weight is 336 g/mol. The number of carbonyl (C=O) groups is 2. The Balaban J connectivity index is 2.10. The van der Waals surface area contributed by atoms with Gasteiger partial charge in [-0.1, -0.05) is 11.6 Å². The number of rotatable bonds is 3. The van der Waals surface area contributed by atoms with Gasteiger partial charge in [0, 0.05) is 11.1 Å². The summed E-state index contributed by atoms with van der Waals surface area (Å²) in [7, 11) is 0. The molecule has 0 aliphatic heterocycles. The first kappa shape index (κ1) is 15.8. The number of pyridine rings is 1. The molecule has 122 valence electrons. The normalized spacial score (nSPS) is 14.8. The lowest BCUT2D eigenvalue weighted by Gasteiger charge is -2.27. The second-order valence-corrected chi connectivity index (χ2v) is 7.06. The van der Waals surface area contributed by atoms with Gasteiger partial charge in [0.1, 0.15) is 11.4 Å². The fraction of sp³-hybridized carbons (Fsp3) is 0.438. The largest absolute Gasteiger partial charge is 0.443 e. The van der Waals surface area contributed by atoms with Gasteiger partial charge in [-0.2, -0.15) is 5.10 Å². The summed E-state index contributed by atoms with van der Waals surface area (Å²) in [6.07, 6.45) is 3.54. The summed E-state index contributed by atoms with van der Waals surface area (Å²) in [6, 6.07) is 3.38. The predicted molar refractivity (Wildman–Crippen MR) is 87.3 cm³/mol. The van der Waals surface area contributed by atoms with E-state index in [2.05, 4.69) is 5.10 Å². The molecule has 1 amide bonds. The molecule has 1 saturated carbocycles. The first-order valence-corrected chi connectivity index (χ1v) is 7.82. The van der Waals surface area contributed by atoms with E-state index in [1.54, 1.807) is 21.5 Å². The molecule has 1 aliphatic rings. The number of hydrogen-bond acceptors (Lipinski definition) is 4. The van der Waals surface area contributed by atoms with Crippen molar-refractivity contribution in [1.29, 1.82) is 0 Å². The zero-order chi connectivity index (χ0) is 16.8. The fourth-order valence-electron chi connectivity index (χ4n) is 2.39. The third kappa shape index (κ3) is 3.17. The van der Waals surface area contributed by atoms with Gasteiger partial charge < -0.3 is 4.74 Å². The van der Waals surface area contributed by atoms with Crippen LogP contribution in [0.5, 0.6) is 0 Å². The number of nitrogens with zero attached hydrogens (tertiary/aromatic N) is 3. The van der Waals surface area contributed by atoms with Gasteiger partial charge in [0.2, 0.25) is 0 Å². The highest BCUT2D eigenvalue weighted by Crippen LogP contribution is 2.35. The van der Waals surface area contributed by atoms with Crippen molar-refractivity contribution in [3.05, 3.63) is 28.9 Å². The van der Waals surface area contributed by atoms with Crippen molar-refractivity contribution in [2.75, 3.05) is 4.90 Å². The van der Waals surface area contributed by atoms with Gasteiger partial charge >= 0.3 is 6.09 Å². The van der Waals surface area contributed by atoms with E-state index in [9.17, 15) is 9.59 Å². The Bertz CT molecular complexity index is 775. The van der Waals surface area contributed by atoms with Crippen molar-refractivity contribution in [3.63, 3.8) is 0 Å². The second kappa shape index (κ2) is 5.53. The number of aldehydes is 1. The second-order valence-electron chi connectivity index (χ2n) is 6.63. The van der Waals surface area contributed by atoms with Crippen LogP contribution in [0.15, 0.2) is 18.3 Å². The number of aromatic nitrogens is 2. The molecular formula is C16H18ClN3O3. The molecule has 0 unspecified atom stereocenters. The zero-order valence-corrected chi connectivity index (χ0v) is 14.0. The van der Waals surface area contributed by atoms with Crippen LogP contribution in [0.2, 0.25) is 5.02 Å². The van der Waals surface area contributed by atoms with E-state index in [0.29, 0.717) is 21.9 Å². The third-order valence-corrected chi connectivity index (χ3v) is 3.69. The van der Waals surface area contributed by atoms with E-state index in [-0.39, 0.29) is 6.04 Å². The maximum Gasteiger partial charge on any atom is 0.416 e. The Morgan fingerprint density at radius 3 is 2.70 bits per heavy atom. The molecule has 0 spiro atoms. The quantitative estimate of drug-likeness (QED) is 0.802. The number of hydrogen-bond donors (Lipinski definition) is 0. The summed E-state index contributed by atoms with van der Waals surface area (Å²) >= 11 is 6.18. The van der Waals surface area contributed by atoms with E-state index in [1.807, 2.05) is 20.8 Å². The standard InChI is InChI=1S/C16H18ClN3O3/c1-16(2,3)23-15(22)19(12-4-5-12)14-7-11(17)6-13-10(9-21)8-18-20(13)14/h6-9,12H,4-5H2,1-3H3. The lowest BCUT2D eigenvalue weighted by atomic mass is 10.2. The first-order valence-electron chi connectivity index (χ1n) is 7.45. The lowest BCUT2D eigenvalue weighted by Crippen LogP contribution is -2.39. The summed E-state index contributed by atoms with van der Waals surface area (Å²) in [4.78, 5) is 25.3. The molecule has 2 heterocycles. The molecule has 3 rings (SSSR count). The highest BCUT2D eigenvalue weighted by atomic mass is 35.5. The molecule has 2 aromatic rings. The minimum atomic E-state index is -0.597. The smallest absolute Gasteiger partial charge is 0.416 e. The molecule has 0 bridgehead atoms. The molecule has 1 aliphatic carbocycles. The van der Waals surface area contributed by atoms with Gasteiger partial charge in [0.25, 0.3) is 0 Å². The van der Waals surface area contributed by atoms with Crippen LogP contribution in [0.25, 0.3) is 5.52 Å². The maximum absolute atomic E-state index is 12.6. The highest BCUT2D eigenvalue weighted by molar-refractivity contribution is 6.31. The third-order valence-electron chi connectivity index (χ3n) is 3.47. The van der Waals surface area contributed by atoms with E-state index in [0.717, 1.165) is 19.1 Å². The Hall–Kier alpha value is -2.08. The van der Waals surface area contributed by atoms with Gasteiger partial charge in [-0.3, -0.25) is 9.69 Å². The predicted octanol–water partition coefficient (Wildman–Crippen LogP) is 3.70. The monoisotopic (exact) mass is 335 g/mol. The molecule has 2 aromatic heterocycles. The summed E-state index contributed by atoms with van der Waals surface area (Å²) < 4.78 is 7.06. The molecule has 1 fully saturated rings. The lowest BCUT2D eigenvalue weighted by molar-refractivity contribution is 0.0576. The number of halogens is 1. The molecule has 0 aromatic carbocycles. The van der Waals surface area contributed by atoms with E-state index >= 15 is 0 Å². The van der Waals surface area contributed by atoms with E-state index < -0.39 is 11.7 Å². The molecule has 23 heavy (non-hydrogen) atoms. The number of amides is 1. The van der Waals surface area contributed by atoms with Crippen molar-refractivity contribution < 1.29 is 14.3 Å². The van der Waals surface area contributed by atoms with Gasteiger partial charge in [0.15, 0.2) is 6.29 Å². The van der Waals surface area contributed by atoms with Crippen LogP contribution in [0.3, 0.4) is 0 Å². The van der Waals surface area contributed by atoms with Crippen LogP contribution in [0.1, 0.15) is 44.0 Å². The number of anilines is 1. The molecule has 0 radical (unpaired) electrons. The fourth-order valence-corrected chi connectivity index (χ4v) is 2.59. The molecule has 7 heteroatoms. The van der Waals surface area contributed by atoms with Crippen LogP contribution >= 0.6 is 11.6 Å². The number of carbonyl (C=O) groups excluding carboxylic acids is 2. The number of fused-ring (bicyclic) bond motifs is 1. The maximum atomic E-state index is 12.6. The molecule has 0 N–H and O–H groups in total. The Labute approximate surface area is 139 Å².